The summed E-state index contributed by atoms with van der Waals surface area (Å²) in [7, 11) is 0. The molecule has 0 aliphatic rings. The monoisotopic (exact) mass is 210 g/mol. The SMILES string of the molecule is NC(=S)CC(=O)NCc1ccncn1. The molecular weight excluding hydrogens is 200 g/mol. The molecule has 6 heteroatoms. The Morgan fingerprint density at radius 2 is 2.43 bits per heavy atom. The number of hydrogen-bond acceptors (Lipinski definition) is 4. The molecule has 0 saturated heterocycles. The lowest BCUT2D eigenvalue weighted by Gasteiger charge is -2.02. The van der Waals surface area contributed by atoms with Crippen LogP contribution in [0.15, 0.2) is 18.6 Å². The first-order chi connectivity index (χ1) is 6.68. The van der Waals surface area contributed by atoms with Crippen molar-refractivity contribution >= 4 is 23.1 Å². The lowest BCUT2D eigenvalue weighted by Crippen LogP contribution is -2.27. The van der Waals surface area contributed by atoms with Crippen LogP contribution < -0.4 is 11.1 Å². The molecule has 14 heavy (non-hydrogen) atoms. The van der Waals surface area contributed by atoms with E-state index in [0.29, 0.717) is 6.54 Å². The van der Waals surface area contributed by atoms with Gasteiger partial charge < -0.3 is 11.1 Å². The Labute approximate surface area is 86.7 Å². The summed E-state index contributed by atoms with van der Waals surface area (Å²) in [6.45, 7) is 0.365. The van der Waals surface area contributed by atoms with Crippen LogP contribution in [0.4, 0.5) is 0 Å². The average molecular weight is 210 g/mol. The molecule has 1 aromatic rings. The van der Waals surface area contributed by atoms with E-state index < -0.39 is 0 Å². The van der Waals surface area contributed by atoms with Crippen LogP contribution >= 0.6 is 12.2 Å². The third kappa shape index (κ3) is 3.90. The molecule has 0 spiro atoms. The number of aromatic nitrogens is 2. The van der Waals surface area contributed by atoms with E-state index in [4.69, 9.17) is 5.73 Å². The summed E-state index contributed by atoms with van der Waals surface area (Å²) in [6.07, 6.45) is 3.11. The molecule has 3 N–H and O–H groups in total. The fraction of sp³-hybridized carbons (Fsp3) is 0.250. The maximum Gasteiger partial charge on any atom is 0.227 e. The Morgan fingerprint density at radius 1 is 1.64 bits per heavy atom. The maximum atomic E-state index is 11.1. The van der Waals surface area contributed by atoms with E-state index in [-0.39, 0.29) is 17.3 Å². The summed E-state index contributed by atoms with van der Waals surface area (Å²) in [6, 6.07) is 1.72. The quantitative estimate of drug-likeness (QED) is 0.671. The van der Waals surface area contributed by atoms with Crippen LogP contribution in [0.25, 0.3) is 0 Å². The van der Waals surface area contributed by atoms with Crippen molar-refractivity contribution in [3.8, 4) is 0 Å². The van der Waals surface area contributed by atoms with Crippen LogP contribution in [0.5, 0.6) is 0 Å². The molecule has 0 aromatic carbocycles. The van der Waals surface area contributed by atoms with Gasteiger partial charge in [-0.25, -0.2) is 9.97 Å². The van der Waals surface area contributed by atoms with Gasteiger partial charge in [0.15, 0.2) is 0 Å². The van der Waals surface area contributed by atoms with E-state index >= 15 is 0 Å². The molecule has 1 rings (SSSR count). The lowest BCUT2D eigenvalue weighted by molar-refractivity contribution is -0.120. The zero-order valence-corrected chi connectivity index (χ0v) is 8.25. The number of nitrogens with one attached hydrogen (secondary N) is 1. The second kappa shape index (κ2) is 5.23. The Bertz CT molecular complexity index is 327. The summed E-state index contributed by atoms with van der Waals surface area (Å²) >= 11 is 4.59. The number of carbonyl (C=O) groups is 1. The second-order valence-electron chi connectivity index (χ2n) is 2.62. The minimum absolute atomic E-state index is 0.0699. The molecule has 0 radical (unpaired) electrons. The Kier molecular flexibility index (Phi) is 3.93. The first-order valence-corrected chi connectivity index (χ1v) is 4.39. The van der Waals surface area contributed by atoms with E-state index in [1.165, 1.54) is 6.33 Å². The predicted octanol–water partition coefficient (Wildman–Crippen LogP) is -0.231. The minimum Gasteiger partial charge on any atom is -0.393 e. The van der Waals surface area contributed by atoms with Crippen molar-refractivity contribution in [1.29, 1.82) is 0 Å². The van der Waals surface area contributed by atoms with E-state index in [2.05, 4.69) is 27.5 Å². The van der Waals surface area contributed by atoms with Gasteiger partial charge in [0, 0.05) is 6.20 Å². The lowest BCUT2D eigenvalue weighted by atomic mass is 10.3. The van der Waals surface area contributed by atoms with E-state index in [9.17, 15) is 4.79 Å². The Balaban J connectivity index is 2.34. The molecule has 74 valence electrons. The average Bonchev–Trinajstić information content (AvgIpc) is 2.15. The molecule has 0 aliphatic carbocycles. The summed E-state index contributed by atoms with van der Waals surface area (Å²) in [5.74, 6) is -0.198. The number of nitrogens with zero attached hydrogens (tertiary/aromatic N) is 2. The van der Waals surface area contributed by atoms with Crippen molar-refractivity contribution in [2.75, 3.05) is 0 Å². The topological polar surface area (TPSA) is 80.9 Å². The summed E-state index contributed by atoms with van der Waals surface area (Å²) in [5, 5.41) is 2.63. The summed E-state index contributed by atoms with van der Waals surface area (Å²) < 4.78 is 0. The molecule has 5 nitrogen and oxygen atoms in total. The van der Waals surface area contributed by atoms with Gasteiger partial charge in [-0.05, 0) is 6.07 Å². The van der Waals surface area contributed by atoms with Crippen LogP contribution in [0, 0.1) is 0 Å². The standard InChI is InChI=1S/C8H10N4OS/c9-7(14)3-8(13)11-4-6-1-2-10-5-12-6/h1-2,5H,3-4H2,(H2,9,14)(H,11,13). The van der Waals surface area contributed by atoms with Crippen molar-refractivity contribution in [2.24, 2.45) is 5.73 Å². The van der Waals surface area contributed by atoms with Gasteiger partial charge in [0.2, 0.25) is 5.91 Å². The number of thiocarbonyl (C=S) groups is 1. The Hall–Kier alpha value is -1.56. The van der Waals surface area contributed by atoms with Gasteiger partial charge in [-0.2, -0.15) is 0 Å². The van der Waals surface area contributed by atoms with Crippen LogP contribution in [-0.4, -0.2) is 20.9 Å². The molecule has 1 amide bonds. The Morgan fingerprint density at radius 3 is 3.00 bits per heavy atom. The summed E-state index contributed by atoms with van der Waals surface area (Å²) in [4.78, 5) is 19.0. The number of hydrogen-bond donors (Lipinski definition) is 2. The molecule has 0 fully saturated rings. The second-order valence-corrected chi connectivity index (χ2v) is 3.14. The normalized spacial score (nSPS) is 9.43. The smallest absolute Gasteiger partial charge is 0.227 e. The third-order valence-electron chi connectivity index (χ3n) is 1.44. The van der Waals surface area contributed by atoms with Gasteiger partial charge in [-0.3, -0.25) is 4.79 Å². The maximum absolute atomic E-state index is 11.1. The molecule has 1 heterocycles. The van der Waals surface area contributed by atoms with Crippen molar-refractivity contribution in [3.05, 3.63) is 24.3 Å². The first-order valence-electron chi connectivity index (χ1n) is 3.98. The molecule has 1 aromatic heterocycles. The highest BCUT2D eigenvalue weighted by atomic mass is 32.1. The zero-order valence-electron chi connectivity index (χ0n) is 7.43. The molecular formula is C8H10N4OS. The van der Waals surface area contributed by atoms with Gasteiger partial charge >= 0.3 is 0 Å². The van der Waals surface area contributed by atoms with Crippen molar-refractivity contribution < 1.29 is 4.79 Å². The van der Waals surface area contributed by atoms with Crippen LogP contribution in [-0.2, 0) is 11.3 Å². The molecule has 0 atom stereocenters. The largest absolute Gasteiger partial charge is 0.393 e. The van der Waals surface area contributed by atoms with Crippen LogP contribution in [0.2, 0.25) is 0 Å². The fourth-order valence-corrected chi connectivity index (χ4v) is 0.964. The van der Waals surface area contributed by atoms with Crippen molar-refractivity contribution in [3.63, 3.8) is 0 Å². The van der Waals surface area contributed by atoms with Crippen molar-refractivity contribution in [1.82, 2.24) is 15.3 Å². The highest BCUT2D eigenvalue weighted by molar-refractivity contribution is 7.80. The molecule has 0 aliphatic heterocycles. The molecule has 0 unspecified atom stereocenters. The highest BCUT2D eigenvalue weighted by Crippen LogP contribution is 1.90. The van der Waals surface area contributed by atoms with E-state index in [1.54, 1.807) is 12.3 Å². The van der Waals surface area contributed by atoms with Gasteiger partial charge in [0.1, 0.15) is 6.33 Å². The fourth-order valence-electron chi connectivity index (χ4n) is 0.833. The number of carbonyl (C=O) groups excluding carboxylic acids is 1. The third-order valence-corrected chi connectivity index (χ3v) is 1.59. The van der Waals surface area contributed by atoms with E-state index in [1.807, 2.05) is 0 Å². The molecule has 0 bridgehead atoms. The van der Waals surface area contributed by atoms with Crippen LogP contribution in [0.3, 0.4) is 0 Å². The summed E-state index contributed by atoms with van der Waals surface area (Å²) in [5.41, 5.74) is 5.95. The molecule has 0 saturated carbocycles. The van der Waals surface area contributed by atoms with Gasteiger partial charge in [0.05, 0.1) is 23.6 Å². The first kappa shape index (κ1) is 10.5. The zero-order chi connectivity index (χ0) is 10.4. The predicted molar refractivity (Wildman–Crippen MR) is 55.3 cm³/mol. The number of rotatable bonds is 4. The van der Waals surface area contributed by atoms with Gasteiger partial charge in [-0.15, -0.1) is 0 Å². The van der Waals surface area contributed by atoms with Crippen molar-refractivity contribution in [2.45, 2.75) is 13.0 Å². The van der Waals surface area contributed by atoms with Gasteiger partial charge in [0.25, 0.3) is 0 Å². The van der Waals surface area contributed by atoms with Gasteiger partial charge in [-0.1, -0.05) is 12.2 Å². The minimum atomic E-state index is -0.198. The number of nitrogens with two attached hydrogens (primary N) is 1. The van der Waals surface area contributed by atoms with Crippen LogP contribution in [0.1, 0.15) is 12.1 Å². The number of amides is 1. The highest BCUT2D eigenvalue weighted by Gasteiger charge is 2.02. The van der Waals surface area contributed by atoms with E-state index in [0.717, 1.165) is 5.69 Å².